The van der Waals surface area contributed by atoms with Crippen molar-refractivity contribution in [2.75, 3.05) is 0 Å². The fourth-order valence-electron chi connectivity index (χ4n) is 0.834. The topological polar surface area (TPSA) is 65.8 Å². The van der Waals surface area contributed by atoms with E-state index in [4.69, 9.17) is 5.53 Å². The van der Waals surface area contributed by atoms with Crippen LogP contribution in [0.3, 0.4) is 0 Å². The van der Waals surface area contributed by atoms with E-state index < -0.39 is 0 Å². The first-order valence-electron chi connectivity index (χ1n) is 3.56. The summed E-state index contributed by atoms with van der Waals surface area (Å²) >= 11 is 0. The Morgan fingerprint density at radius 3 is 2.62 bits per heavy atom. The normalized spacial score (nSPS) is 9.54. The molecule has 0 aliphatic carbocycles. The van der Waals surface area contributed by atoms with Gasteiger partial charge in [-0.2, -0.15) is 0 Å². The number of allylic oxidation sites excluding steroid dienone is 1. The lowest BCUT2D eigenvalue weighted by molar-refractivity contribution is 0.564. The maximum atomic E-state index is 9.87. The first-order chi connectivity index (χ1) is 6.36. The van der Waals surface area contributed by atoms with E-state index >= 15 is 0 Å². The summed E-state index contributed by atoms with van der Waals surface area (Å²) in [5, 5.41) is 3.41. The molecule has 13 heavy (non-hydrogen) atoms. The Morgan fingerprint density at radius 1 is 1.38 bits per heavy atom. The average Bonchev–Trinajstić information content (AvgIpc) is 2.17. The smallest absolute Gasteiger partial charge is 0.225 e. The van der Waals surface area contributed by atoms with Crippen molar-refractivity contribution in [3.63, 3.8) is 0 Å². The third kappa shape index (κ3) is 2.81. The van der Waals surface area contributed by atoms with Crippen molar-refractivity contribution >= 4 is 18.0 Å². The molecular weight excluding hydrogens is 166 g/mol. The molecule has 0 spiro atoms. The Labute approximate surface area is 75.1 Å². The van der Waals surface area contributed by atoms with Gasteiger partial charge in [0.15, 0.2) is 0 Å². The van der Waals surface area contributed by atoms with E-state index in [1.54, 1.807) is 36.6 Å². The lowest BCUT2D eigenvalue weighted by atomic mass is 10.2. The standard InChI is InChI=1S/C9H6N3O/c10-12-11-9-5-3-8(4-6-9)2-1-7-13/h1-6H/b2-1+. The largest absolute Gasteiger partial charge is 0.286 e. The van der Waals surface area contributed by atoms with Crippen LogP contribution in [0.2, 0.25) is 0 Å². The van der Waals surface area contributed by atoms with Crippen LogP contribution >= 0.6 is 0 Å². The summed E-state index contributed by atoms with van der Waals surface area (Å²) in [5.74, 6) is 0. The van der Waals surface area contributed by atoms with Crippen LogP contribution in [0.4, 0.5) is 5.69 Å². The molecule has 0 saturated heterocycles. The Morgan fingerprint density at radius 2 is 2.08 bits per heavy atom. The number of azide groups is 1. The van der Waals surface area contributed by atoms with Gasteiger partial charge < -0.3 is 0 Å². The zero-order valence-electron chi connectivity index (χ0n) is 6.71. The summed E-state index contributed by atoms with van der Waals surface area (Å²) in [6, 6.07) is 6.84. The Hall–Kier alpha value is -2.06. The van der Waals surface area contributed by atoms with Crippen molar-refractivity contribution in [1.82, 2.24) is 0 Å². The quantitative estimate of drug-likeness (QED) is 0.299. The number of rotatable bonds is 3. The van der Waals surface area contributed by atoms with Gasteiger partial charge in [0.2, 0.25) is 6.29 Å². The molecule has 0 atom stereocenters. The summed E-state index contributed by atoms with van der Waals surface area (Å²) in [4.78, 5) is 12.5. The van der Waals surface area contributed by atoms with Gasteiger partial charge in [-0.25, -0.2) is 0 Å². The van der Waals surface area contributed by atoms with Crippen LogP contribution in [0, 0.1) is 0 Å². The molecule has 63 valence electrons. The van der Waals surface area contributed by atoms with E-state index in [-0.39, 0.29) is 0 Å². The zero-order chi connectivity index (χ0) is 9.52. The molecule has 0 aliphatic heterocycles. The van der Waals surface area contributed by atoms with E-state index in [1.165, 1.54) is 6.08 Å². The molecule has 0 heterocycles. The molecule has 0 N–H and O–H groups in total. The van der Waals surface area contributed by atoms with Crippen LogP contribution in [-0.2, 0) is 4.79 Å². The molecule has 0 aliphatic rings. The van der Waals surface area contributed by atoms with Crippen LogP contribution in [0.15, 0.2) is 35.5 Å². The van der Waals surface area contributed by atoms with Gasteiger partial charge >= 0.3 is 0 Å². The lowest BCUT2D eigenvalue weighted by Crippen LogP contribution is -1.70. The number of carbonyl (C=O) groups excluding carboxylic acids is 1. The summed E-state index contributed by atoms with van der Waals surface area (Å²) < 4.78 is 0. The van der Waals surface area contributed by atoms with Gasteiger partial charge in [-0.3, -0.25) is 4.79 Å². The van der Waals surface area contributed by atoms with Crippen LogP contribution in [0.5, 0.6) is 0 Å². The highest BCUT2D eigenvalue weighted by Gasteiger charge is 1.87. The minimum Gasteiger partial charge on any atom is -0.286 e. The summed E-state index contributed by atoms with van der Waals surface area (Å²) in [6.45, 7) is 0. The third-order valence-corrected chi connectivity index (χ3v) is 1.40. The predicted molar refractivity (Wildman–Crippen MR) is 50.0 cm³/mol. The maximum Gasteiger partial charge on any atom is 0.225 e. The van der Waals surface area contributed by atoms with Gasteiger partial charge in [0, 0.05) is 10.6 Å². The molecule has 1 aromatic rings. The Kier molecular flexibility index (Phi) is 3.30. The van der Waals surface area contributed by atoms with Crippen molar-refractivity contribution < 1.29 is 4.79 Å². The highest BCUT2D eigenvalue weighted by Crippen LogP contribution is 2.13. The highest BCUT2D eigenvalue weighted by atomic mass is 16.1. The molecule has 0 aromatic heterocycles. The number of hydrogen-bond donors (Lipinski definition) is 0. The molecule has 0 bridgehead atoms. The molecular formula is C9H6N3O. The zero-order valence-corrected chi connectivity index (χ0v) is 6.71. The minimum absolute atomic E-state index is 0.551. The summed E-state index contributed by atoms with van der Waals surface area (Å²) in [6.07, 6.45) is 4.54. The lowest BCUT2D eigenvalue weighted by Gasteiger charge is -1.92. The predicted octanol–water partition coefficient (Wildman–Crippen LogP) is 2.75. The fraction of sp³-hybridized carbons (Fsp3) is 0. The van der Waals surface area contributed by atoms with Crippen LogP contribution in [0.1, 0.15) is 5.56 Å². The molecule has 4 nitrogen and oxygen atoms in total. The van der Waals surface area contributed by atoms with Crippen molar-refractivity contribution in [1.29, 1.82) is 0 Å². The second-order valence-corrected chi connectivity index (χ2v) is 2.23. The first-order valence-corrected chi connectivity index (χ1v) is 3.56. The monoisotopic (exact) mass is 172 g/mol. The van der Waals surface area contributed by atoms with E-state index in [0.717, 1.165) is 5.56 Å². The van der Waals surface area contributed by atoms with E-state index in [2.05, 4.69) is 10.0 Å². The second-order valence-electron chi connectivity index (χ2n) is 2.23. The second kappa shape index (κ2) is 4.74. The molecule has 0 saturated carbocycles. The van der Waals surface area contributed by atoms with Gasteiger partial charge in [0.1, 0.15) is 0 Å². The number of nitrogens with zero attached hydrogens (tertiary/aromatic N) is 3. The van der Waals surface area contributed by atoms with Gasteiger partial charge in [-0.1, -0.05) is 35.5 Å². The van der Waals surface area contributed by atoms with Crippen molar-refractivity contribution in [2.24, 2.45) is 5.11 Å². The number of benzene rings is 1. The average molecular weight is 172 g/mol. The SMILES string of the molecule is [N-]=[N+]=Nc1ccc(/C=C/[C]=O)cc1. The molecule has 1 rings (SSSR count). The molecule has 1 aromatic carbocycles. The van der Waals surface area contributed by atoms with E-state index in [1.807, 2.05) is 0 Å². The molecule has 0 amide bonds. The highest BCUT2D eigenvalue weighted by molar-refractivity contribution is 5.74. The van der Waals surface area contributed by atoms with Crippen molar-refractivity contribution in [2.45, 2.75) is 0 Å². The third-order valence-electron chi connectivity index (χ3n) is 1.40. The van der Waals surface area contributed by atoms with Crippen LogP contribution < -0.4 is 0 Å². The van der Waals surface area contributed by atoms with Gasteiger partial charge in [-0.15, -0.1) is 0 Å². The van der Waals surface area contributed by atoms with Crippen LogP contribution in [0.25, 0.3) is 16.5 Å². The first kappa shape index (κ1) is 9.03. The molecule has 0 unspecified atom stereocenters. The van der Waals surface area contributed by atoms with Gasteiger partial charge in [0.05, 0.1) is 0 Å². The van der Waals surface area contributed by atoms with Crippen molar-refractivity contribution in [3.8, 4) is 0 Å². The van der Waals surface area contributed by atoms with E-state index in [9.17, 15) is 4.79 Å². The molecule has 0 fully saturated rings. The van der Waals surface area contributed by atoms with Gasteiger partial charge in [-0.05, 0) is 17.2 Å². The fourth-order valence-corrected chi connectivity index (χ4v) is 0.834. The number of hydrogen-bond acceptors (Lipinski definition) is 2. The Balaban J connectivity index is 2.86. The maximum absolute atomic E-state index is 9.87. The van der Waals surface area contributed by atoms with Gasteiger partial charge in [0.25, 0.3) is 0 Å². The summed E-state index contributed by atoms with van der Waals surface area (Å²) in [5.41, 5.74) is 9.54. The molecule has 1 radical (unpaired) electrons. The van der Waals surface area contributed by atoms with E-state index in [0.29, 0.717) is 5.69 Å². The Bertz CT molecular complexity index is 361. The minimum atomic E-state index is 0.551. The van der Waals surface area contributed by atoms with Crippen LogP contribution in [-0.4, -0.2) is 6.29 Å². The summed E-state index contributed by atoms with van der Waals surface area (Å²) in [7, 11) is 0. The van der Waals surface area contributed by atoms with Crippen molar-refractivity contribution in [3.05, 3.63) is 46.3 Å². The molecule has 4 heteroatoms.